The lowest BCUT2D eigenvalue weighted by molar-refractivity contribution is -0.118. The average Bonchev–Trinajstić information content (AvgIpc) is 3.08. The van der Waals surface area contributed by atoms with Crippen molar-refractivity contribution in [3.8, 4) is 11.5 Å². The van der Waals surface area contributed by atoms with E-state index in [1.807, 2.05) is 24.3 Å². The molecule has 3 aromatic rings. The summed E-state index contributed by atoms with van der Waals surface area (Å²) in [4.78, 5) is 13.7. The number of hydrogen-bond donors (Lipinski definition) is 2. The summed E-state index contributed by atoms with van der Waals surface area (Å²) >= 11 is 0. The van der Waals surface area contributed by atoms with Crippen LogP contribution in [0.25, 0.3) is 0 Å². The third-order valence-electron chi connectivity index (χ3n) is 8.69. The number of benzene rings is 3. The third kappa shape index (κ3) is 9.70. The SMILES string of the molecule is COc1ccccc1COCCCOc1ccc(C2CCNCC2OCc2ccc3c(c2)N(CCCNC(C)=O)CCC3)cc1. The van der Waals surface area contributed by atoms with Gasteiger partial charge in [0.15, 0.2) is 0 Å². The highest BCUT2D eigenvalue weighted by Gasteiger charge is 2.27. The molecule has 0 aromatic heterocycles. The van der Waals surface area contributed by atoms with Crippen LogP contribution < -0.4 is 25.0 Å². The minimum Gasteiger partial charge on any atom is -0.496 e. The van der Waals surface area contributed by atoms with Gasteiger partial charge in [0.05, 0.1) is 39.6 Å². The van der Waals surface area contributed by atoms with Crippen molar-refractivity contribution in [3.63, 3.8) is 0 Å². The van der Waals surface area contributed by atoms with Crippen molar-refractivity contribution >= 4 is 11.6 Å². The lowest BCUT2D eigenvalue weighted by Gasteiger charge is -2.33. The molecule has 8 nitrogen and oxygen atoms in total. The van der Waals surface area contributed by atoms with Crippen LogP contribution in [0.5, 0.6) is 11.5 Å². The first kappa shape index (κ1) is 32.8. The van der Waals surface area contributed by atoms with Crippen molar-refractivity contribution in [1.29, 1.82) is 0 Å². The Kier molecular flexibility index (Phi) is 12.5. The summed E-state index contributed by atoms with van der Waals surface area (Å²) in [5.41, 5.74) is 6.29. The standard InChI is InChI=1S/C37H49N3O5/c1-28(41)39-18-6-21-40-20-5-9-31-12-11-29(24-35(31)40)26-45-37-25-38-19-17-34(37)30-13-15-33(16-14-30)44-23-7-22-43-27-32-8-3-4-10-36(32)42-2/h3-4,8,10-16,24,34,37-38H,5-7,9,17-23,25-27H2,1-2H3,(H,39,41). The minimum atomic E-state index is 0.0340. The molecule has 0 saturated carbocycles. The zero-order valence-corrected chi connectivity index (χ0v) is 26.9. The molecular formula is C37H49N3O5. The molecule has 242 valence electrons. The van der Waals surface area contributed by atoms with E-state index >= 15 is 0 Å². The van der Waals surface area contributed by atoms with Gasteiger partial charge in [-0.15, -0.1) is 0 Å². The summed E-state index contributed by atoms with van der Waals surface area (Å²) < 4.78 is 23.8. The third-order valence-corrected chi connectivity index (χ3v) is 8.69. The van der Waals surface area contributed by atoms with Gasteiger partial charge >= 0.3 is 0 Å². The fraction of sp³-hybridized carbons (Fsp3) is 0.486. The van der Waals surface area contributed by atoms with Gasteiger partial charge in [-0.1, -0.05) is 42.5 Å². The molecule has 2 unspecified atom stereocenters. The number of piperidine rings is 1. The molecule has 8 heteroatoms. The number of amides is 1. The Labute approximate surface area is 268 Å². The van der Waals surface area contributed by atoms with Crippen molar-refractivity contribution < 1.29 is 23.7 Å². The van der Waals surface area contributed by atoms with Crippen LogP contribution in [-0.4, -0.2) is 65.1 Å². The summed E-state index contributed by atoms with van der Waals surface area (Å²) in [5.74, 6) is 2.11. The number of anilines is 1. The Hall–Kier alpha value is -3.59. The Morgan fingerprint density at radius 1 is 1.02 bits per heavy atom. The van der Waals surface area contributed by atoms with E-state index in [0.717, 1.165) is 68.9 Å². The van der Waals surface area contributed by atoms with Crippen molar-refractivity contribution in [2.24, 2.45) is 0 Å². The number of nitrogens with one attached hydrogen (secondary N) is 2. The molecule has 2 atom stereocenters. The van der Waals surface area contributed by atoms with Crippen LogP contribution in [0.3, 0.4) is 0 Å². The summed E-state index contributed by atoms with van der Waals surface area (Å²) in [7, 11) is 1.68. The van der Waals surface area contributed by atoms with E-state index in [4.69, 9.17) is 18.9 Å². The predicted octanol–water partition coefficient (Wildman–Crippen LogP) is 5.62. The summed E-state index contributed by atoms with van der Waals surface area (Å²) in [6.07, 6.45) is 5.19. The molecule has 0 bridgehead atoms. The molecule has 1 saturated heterocycles. The lowest BCUT2D eigenvalue weighted by atomic mass is 9.87. The molecular weight excluding hydrogens is 566 g/mol. The van der Waals surface area contributed by atoms with Crippen molar-refractivity contribution in [1.82, 2.24) is 10.6 Å². The highest BCUT2D eigenvalue weighted by atomic mass is 16.5. The molecule has 5 rings (SSSR count). The number of rotatable bonds is 16. The highest BCUT2D eigenvalue weighted by molar-refractivity contribution is 5.72. The van der Waals surface area contributed by atoms with E-state index < -0.39 is 0 Å². The summed E-state index contributed by atoms with van der Waals surface area (Å²) in [5, 5.41) is 6.45. The number of carbonyl (C=O) groups excluding carboxylic acids is 1. The number of nitrogens with zero attached hydrogens (tertiary/aromatic N) is 1. The van der Waals surface area contributed by atoms with E-state index in [9.17, 15) is 4.79 Å². The fourth-order valence-corrected chi connectivity index (χ4v) is 6.31. The van der Waals surface area contributed by atoms with Crippen molar-refractivity contribution in [3.05, 3.63) is 89.0 Å². The van der Waals surface area contributed by atoms with Crippen molar-refractivity contribution in [2.75, 3.05) is 57.9 Å². The van der Waals surface area contributed by atoms with Crippen LogP contribution in [0, 0.1) is 0 Å². The van der Waals surface area contributed by atoms with Gasteiger partial charge in [-0.05, 0) is 73.2 Å². The molecule has 1 fully saturated rings. The zero-order valence-electron chi connectivity index (χ0n) is 26.9. The topological polar surface area (TPSA) is 81.3 Å². The van der Waals surface area contributed by atoms with Crippen LogP contribution in [0.2, 0.25) is 0 Å². The number of para-hydroxylation sites is 1. The molecule has 2 heterocycles. The van der Waals surface area contributed by atoms with Gasteiger partial charge in [0.1, 0.15) is 11.5 Å². The largest absolute Gasteiger partial charge is 0.496 e. The number of ether oxygens (including phenoxy) is 4. The molecule has 2 N–H and O–H groups in total. The molecule has 0 aliphatic carbocycles. The second-order valence-electron chi connectivity index (χ2n) is 12.0. The monoisotopic (exact) mass is 615 g/mol. The van der Waals surface area contributed by atoms with Crippen LogP contribution >= 0.6 is 0 Å². The van der Waals surface area contributed by atoms with E-state index in [-0.39, 0.29) is 12.0 Å². The van der Waals surface area contributed by atoms with Gasteiger partial charge in [-0.25, -0.2) is 0 Å². The number of carbonyl (C=O) groups is 1. The average molecular weight is 616 g/mol. The normalized spacial score (nSPS) is 17.9. The molecule has 45 heavy (non-hydrogen) atoms. The Morgan fingerprint density at radius 3 is 2.73 bits per heavy atom. The molecule has 1 amide bonds. The van der Waals surface area contributed by atoms with Gasteiger partial charge in [-0.3, -0.25) is 4.79 Å². The molecule has 0 spiro atoms. The predicted molar refractivity (Wildman–Crippen MR) is 178 cm³/mol. The first-order valence-electron chi connectivity index (χ1n) is 16.5. The van der Waals surface area contributed by atoms with Crippen molar-refractivity contribution in [2.45, 2.75) is 64.3 Å². The highest BCUT2D eigenvalue weighted by Crippen LogP contribution is 2.32. The van der Waals surface area contributed by atoms with Gasteiger partial charge in [0.2, 0.25) is 5.91 Å². The fourth-order valence-electron chi connectivity index (χ4n) is 6.31. The second kappa shape index (κ2) is 17.2. The van der Waals surface area contributed by atoms with Gasteiger partial charge in [0.25, 0.3) is 0 Å². The number of aryl methyl sites for hydroxylation is 1. The number of fused-ring (bicyclic) bond motifs is 1. The number of methoxy groups -OCH3 is 1. The second-order valence-corrected chi connectivity index (χ2v) is 12.0. The van der Waals surface area contributed by atoms with E-state index in [0.29, 0.717) is 38.9 Å². The van der Waals surface area contributed by atoms with Gasteiger partial charge in [0, 0.05) is 56.7 Å². The number of hydrogen-bond acceptors (Lipinski definition) is 7. The molecule has 0 radical (unpaired) electrons. The molecule has 2 aliphatic heterocycles. The Morgan fingerprint density at radius 2 is 1.89 bits per heavy atom. The Balaban J connectivity index is 1.08. The summed E-state index contributed by atoms with van der Waals surface area (Å²) in [6.45, 7) is 8.50. The maximum atomic E-state index is 11.2. The van der Waals surface area contributed by atoms with Crippen LogP contribution in [-0.2, 0) is 33.9 Å². The minimum absolute atomic E-state index is 0.0340. The summed E-state index contributed by atoms with van der Waals surface area (Å²) in [6, 6.07) is 23.3. The lowest BCUT2D eigenvalue weighted by Crippen LogP contribution is -2.41. The first-order chi connectivity index (χ1) is 22.1. The van der Waals surface area contributed by atoms with Gasteiger partial charge in [-0.2, -0.15) is 0 Å². The quantitative estimate of drug-likeness (QED) is 0.203. The smallest absolute Gasteiger partial charge is 0.216 e. The van der Waals surface area contributed by atoms with E-state index in [1.54, 1.807) is 14.0 Å². The van der Waals surface area contributed by atoms with Crippen LogP contribution in [0.15, 0.2) is 66.7 Å². The maximum Gasteiger partial charge on any atom is 0.216 e. The molecule has 3 aromatic carbocycles. The zero-order chi connectivity index (χ0) is 31.3. The molecule has 2 aliphatic rings. The van der Waals surface area contributed by atoms with E-state index in [1.165, 1.54) is 28.8 Å². The Bertz CT molecular complexity index is 1350. The van der Waals surface area contributed by atoms with E-state index in [2.05, 4.69) is 58.0 Å². The van der Waals surface area contributed by atoms with Gasteiger partial charge < -0.3 is 34.5 Å². The first-order valence-corrected chi connectivity index (χ1v) is 16.5. The van der Waals surface area contributed by atoms with Crippen LogP contribution in [0.4, 0.5) is 5.69 Å². The van der Waals surface area contributed by atoms with Crippen LogP contribution in [0.1, 0.15) is 60.8 Å². The maximum absolute atomic E-state index is 11.2.